The van der Waals surface area contributed by atoms with Crippen molar-refractivity contribution in [3.63, 3.8) is 0 Å². The number of benzene rings is 2. The van der Waals surface area contributed by atoms with Gasteiger partial charge in [-0.25, -0.2) is 10.4 Å². The topological polar surface area (TPSA) is 67.2 Å². The highest BCUT2D eigenvalue weighted by molar-refractivity contribution is 6.00. The van der Waals surface area contributed by atoms with Gasteiger partial charge in [0.25, 0.3) is 5.91 Å². The Morgan fingerprint density at radius 3 is 2.33 bits per heavy atom. The molecule has 1 heterocycles. The Kier molecular flexibility index (Phi) is 4.72. The van der Waals surface area contributed by atoms with E-state index < -0.39 is 0 Å². The molecule has 0 unspecified atom stereocenters. The van der Waals surface area contributed by atoms with Crippen LogP contribution >= 0.6 is 0 Å². The summed E-state index contributed by atoms with van der Waals surface area (Å²) in [5.74, 6) is -0.386. The first-order chi connectivity index (χ1) is 11.7. The second-order valence-corrected chi connectivity index (χ2v) is 5.17. The van der Waals surface area contributed by atoms with Gasteiger partial charge in [-0.1, -0.05) is 54.6 Å². The quantitative estimate of drug-likeness (QED) is 0.593. The molecule has 0 aliphatic carbocycles. The Bertz CT molecular complexity index is 844. The average molecular weight is 316 g/mol. The van der Waals surface area contributed by atoms with Crippen LogP contribution in [0.15, 0.2) is 78.3 Å². The van der Waals surface area contributed by atoms with Crippen LogP contribution in [-0.2, 0) is 0 Å². The van der Waals surface area contributed by atoms with E-state index in [-0.39, 0.29) is 11.6 Å². The fourth-order valence-corrected chi connectivity index (χ4v) is 2.21. The van der Waals surface area contributed by atoms with Crippen LogP contribution in [0, 0.1) is 0 Å². The maximum atomic E-state index is 11.9. The second-order valence-electron chi connectivity index (χ2n) is 5.17. The summed E-state index contributed by atoms with van der Waals surface area (Å²) in [4.78, 5) is 19.7. The van der Waals surface area contributed by atoms with Gasteiger partial charge in [0.15, 0.2) is 0 Å². The molecule has 0 spiro atoms. The number of carbonyl (C=O) groups is 1. The molecule has 3 rings (SSSR count). The lowest BCUT2D eigenvalue weighted by Crippen LogP contribution is -2.20. The molecular weight excluding hydrogens is 300 g/mol. The molecule has 1 N–H and O–H groups in total. The normalized spacial score (nSPS) is 11.1. The summed E-state index contributed by atoms with van der Waals surface area (Å²) in [5, 5.41) is 4.12. The molecule has 5 heteroatoms. The van der Waals surface area contributed by atoms with Crippen LogP contribution in [0.25, 0.3) is 11.1 Å². The number of amides is 1. The van der Waals surface area contributed by atoms with Gasteiger partial charge in [0, 0.05) is 12.4 Å². The van der Waals surface area contributed by atoms with Crippen LogP contribution in [0.4, 0.5) is 0 Å². The summed E-state index contributed by atoms with van der Waals surface area (Å²) in [6, 6.07) is 18.2. The van der Waals surface area contributed by atoms with Crippen molar-refractivity contribution in [2.24, 2.45) is 5.10 Å². The fourth-order valence-electron chi connectivity index (χ4n) is 2.21. The molecule has 0 radical (unpaired) electrons. The fraction of sp³-hybridized carbons (Fsp3) is 0.0526. The zero-order chi connectivity index (χ0) is 16.8. The van der Waals surface area contributed by atoms with Gasteiger partial charge >= 0.3 is 0 Å². The lowest BCUT2D eigenvalue weighted by atomic mass is 10.0. The lowest BCUT2D eigenvalue weighted by molar-refractivity contribution is 0.0949. The number of nitrogens with one attached hydrogen (secondary N) is 1. The predicted molar refractivity (Wildman–Crippen MR) is 93.6 cm³/mol. The maximum Gasteiger partial charge on any atom is 0.291 e. The van der Waals surface area contributed by atoms with E-state index in [1.807, 2.05) is 49.4 Å². The molecular formula is C19H16N4O. The number of hydrazone groups is 1. The van der Waals surface area contributed by atoms with Gasteiger partial charge in [-0.3, -0.25) is 9.78 Å². The molecule has 0 atom stereocenters. The average Bonchev–Trinajstić information content (AvgIpc) is 2.67. The smallest absolute Gasteiger partial charge is 0.265 e. The molecule has 118 valence electrons. The van der Waals surface area contributed by atoms with Crippen LogP contribution < -0.4 is 5.43 Å². The van der Waals surface area contributed by atoms with Crippen molar-refractivity contribution in [1.82, 2.24) is 15.4 Å². The third-order valence-electron chi connectivity index (χ3n) is 3.53. The van der Waals surface area contributed by atoms with Crippen molar-refractivity contribution in [1.29, 1.82) is 0 Å². The number of rotatable bonds is 4. The summed E-state index contributed by atoms with van der Waals surface area (Å²) < 4.78 is 0. The van der Waals surface area contributed by atoms with Crippen molar-refractivity contribution in [3.8, 4) is 11.1 Å². The van der Waals surface area contributed by atoms with E-state index >= 15 is 0 Å². The van der Waals surface area contributed by atoms with E-state index in [1.165, 1.54) is 18.6 Å². The first kappa shape index (κ1) is 15.6. The largest absolute Gasteiger partial charge is 0.291 e. The van der Waals surface area contributed by atoms with Crippen molar-refractivity contribution in [2.45, 2.75) is 6.92 Å². The standard InChI is InChI=1S/C19H16N4O/c1-14(22-23-19(24)18-13-20-11-12-21-18)15-7-9-17(10-8-15)16-5-3-2-4-6-16/h2-13H,1H3,(H,23,24). The van der Waals surface area contributed by atoms with E-state index in [2.05, 4.69) is 32.6 Å². The van der Waals surface area contributed by atoms with Crippen molar-refractivity contribution in [2.75, 3.05) is 0 Å². The van der Waals surface area contributed by atoms with E-state index in [4.69, 9.17) is 0 Å². The third kappa shape index (κ3) is 3.70. The predicted octanol–water partition coefficient (Wildman–Crippen LogP) is 3.30. The van der Waals surface area contributed by atoms with Crippen LogP contribution in [-0.4, -0.2) is 21.6 Å². The number of hydrogen-bond acceptors (Lipinski definition) is 4. The SMILES string of the molecule is CC(=NNC(=O)c1cnccn1)c1ccc(-c2ccccc2)cc1. The number of hydrogen-bond donors (Lipinski definition) is 1. The molecule has 0 bridgehead atoms. The number of nitrogens with zero attached hydrogens (tertiary/aromatic N) is 3. The summed E-state index contributed by atoms with van der Waals surface area (Å²) in [6.07, 6.45) is 4.38. The monoisotopic (exact) mass is 316 g/mol. The second kappa shape index (κ2) is 7.28. The first-order valence-electron chi connectivity index (χ1n) is 7.50. The van der Waals surface area contributed by atoms with Gasteiger partial charge in [0.05, 0.1) is 11.9 Å². The van der Waals surface area contributed by atoms with Gasteiger partial charge in [0.2, 0.25) is 0 Å². The van der Waals surface area contributed by atoms with Crippen molar-refractivity contribution >= 4 is 11.6 Å². The van der Waals surface area contributed by atoms with Crippen LogP contribution in [0.2, 0.25) is 0 Å². The van der Waals surface area contributed by atoms with Gasteiger partial charge in [-0.15, -0.1) is 0 Å². The summed E-state index contributed by atoms with van der Waals surface area (Å²) >= 11 is 0. The van der Waals surface area contributed by atoms with Gasteiger partial charge in [-0.2, -0.15) is 5.10 Å². The molecule has 0 saturated carbocycles. The first-order valence-corrected chi connectivity index (χ1v) is 7.50. The molecule has 24 heavy (non-hydrogen) atoms. The van der Waals surface area contributed by atoms with Gasteiger partial charge < -0.3 is 0 Å². The molecule has 1 aromatic heterocycles. The van der Waals surface area contributed by atoms with E-state index in [1.54, 1.807) is 0 Å². The Labute approximate surface area is 140 Å². The Morgan fingerprint density at radius 2 is 1.67 bits per heavy atom. The van der Waals surface area contributed by atoms with E-state index in [0.717, 1.165) is 16.7 Å². The molecule has 0 saturated heterocycles. The van der Waals surface area contributed by atoms with Crippen molar-refractivity contribution < 1.29 is 4.79 Å². The highest BCUT2D eigenvalue weighted by atomic mass is 16.2. The molecule has 1 amide bonds. The minimum Gasteiger partial charge on any atom is -0.265 e. The van der Waals surface area contributed by atoms with Crippen LogP contribution in [0.1, 0.15) is 23.0 Å². The Hall–Kier alpha value is -3.34. The summed E-state index contributed by atoms with van der Waals surface area (Å²) in [7, 11) is 0. The lowest BCUT2D eigenvalue weighted by Gasteiger charge is -2.05. The highest BCUT2D eigenvalue weighted by Crippen LogP contribution is 2.19. The third-order valence-corrected chi connectivity index (χ3v) is 3.53. The molecule has 2 aromatic carbocycles. The molecule has 0 aliphatic rings. The molecule has 0 aliphatic heterocycles. The number of carbonyl (C=O) groups excluding carboxylic acids is 1. The van der Waals surface area contributed by atoms with Gasteiger partial charge in [-0.05, 0) is 23.6 Å². The van der Waals surface area contributed by atoms with Crippen LogP contribution in [0.3, 0.4) is 0 Å². The minimum atomic E-state index is -0.386. The molecule has 0 fully saturated rings. The zero-order valence-electron chi connectivity index (χ0n) is 13.2. The highest BCUT2D eigenvalue weighted by Gasteiger charge is 2.06. The Morgan fingerprint density at radius 1 is 0.958 bits per heavy atom. The summed E-state index contributed by atoms with van der Waals surface area (Å²) in [6.45, 7) is 1.84. The van der Waals surface area contributed by atoms with Crippen molar-refractivity contribution in [3.05, 3.63) is 84.4 Å². The Balaban J connectivity index is 1.71. The van der Waals surface area contributed by atoms with Crippen LogP contribution in [0.5, 0.6) is 0 Å². The molecule has 5 nitrogen and oxygen atoms in total. The number of aromatic nitrogens is 2. The van der Waals surface area contributed by atoms with E-state index in [0.29, 0.717) is 5.71 Å². The molecule has 3 aromatic rings. The minimum absolute atomic E-state index is 0.230. The van der Waals surface area contributed by atoms with Gasteiger partial charge in [0.1, 0.15) is 5.69 Å². The van der Waals surface area contributed by atoms with E-state index in [9.17, 15) is 4.79 Å². The summed E-state index contributed by atoms with van der Waals surface area (Å²) in [5.41, 5.74) is 6.67. The zero-order valence-corrected chi connectivity index (χ0v) is 13.2. The maximum absolute atomic E-state index is 11.9.